The van der Waals surface area contributed by atoms with Gasteiger partial charge in [0.25, 0.3) is 0 Å². The van der Waals surface area contributed by atoms with Crippen LogP contribution in [0.4, 0.5) is 0 Å². The fourth-order valence-electron chi connectivity index (χ4n) is 5.03. The molecule has 0 rings (SSSR count). The van der Waals surface area contributed by atoms with Gasteiger partial charge in [-0.25, -0.2) is 0 Å². The number of hydrogen-bond donors (Lipinski definition) is 1. The van der Waals surface area contributed by atoms with Crippen LogP contribution in [0.5, 0.6) is 0 Å². The van der Waals surface area contributed by atoms with E-state index >= 15 is 0 Å². The zero-order chi connectivity index (χ0) is 32.9. The van der Waals surface area contributed by atoms with E-state index in [2.05, 4.69) is 86.8 Å². The molecule has 4 heteroatoms. The summed E-state index contributed by atoms with van der Waals surface area (Å²) >= 11 is 0. The minimum absolute atomic E-state index is 0.0156. The minimum Gasteiger partial charge on any atom is -0.481 e. The summed E-state index contributed by atoms with van der Waals surface area (Å²) in [6.45, 7) is 4.41. The van der Waals surface area contributed by atoms with Gasteiger partial charge >= 0.3 is 11.9 Å². The maximum absolute atomic E-state index is 12.6. The number of allylic oxidation sites excluding steroid dienone is 12. The van der Waals surface area contributed by atoms with E-state index < -0.39 is 5.97 Å². The van der Waals surface area contributed by atoms with Crippen molar-refractivity contribution in [2.75, 3.05) is 0 Å². The van der Waals surface area contributed by atoms with Gasteiger partial charge in [-0.2, -0.15) is 0 Å². The molecule has 0 aromatic rings. The monoisotopic (exact) mass is 625 g/mol. The Balaban J connectivity index is 4.15. The van der Waals surface area contributed by atoms with Crippen molar-refractivity contribution < 1.29 is 19.4 Å². The average Bonchev–Trinajstić information content (AvgIpc) is 3.02. The van der Waals surface area contributed by atoms with E-state index in [0.717, 1.165) is 96.3 Å². The Labute approximate surface area is 277 Å². The molecule has 4 nitrogen and oxygen atoms in total. The van der Waals surface area contributed by atoms with Gasteiger partial charge in [-0.15, -0.1) is 0 Å². The molecule has 0 heterocycles. The van der Waals surface area contributed by atoms with Gasteiger partial charge in [0, 0.05) is 12.8 Å². The van der Waals surface area contributed by atoms with E-state index in [-0.39, 0.29) is 18.5 Å². The summed E-state index contributed by atoms with van der Waals surface area (Å²) in [5.74, 6) is -0.795. The number of carboxylic acids is 1. The van der Waals surface area contributed by atoms with Crippen LogP contribution < -0.4 is 0 Å². The zero-order valence-corrected chi connectivity index (χ0v) is 29.1. The molecule has 0 saturated carbocycles. The van der Waals surface area contributed by atoms with Crippen molar-refractivity contribution in [3.63, 3.8) is 0 Å². The van der Waals surface area contributed by atoms with Gasteiger partial charge in [0.15, 0.2) is 0 Å². The molecular weight excluding hydrogens is 556 g/mol. The molecule has 0 aromatic carbocycles. The number of aliphatic carboxylic acids is 1. The van der Waals surface area contributed by atoms with Crippen LogP contribution in [0, 0.1) is 0 Å². The lowest BCUT2D eigenvalue weighted by atomic mass is 10.0. The van der Waals surface area contributed by atoms with E-state index in [0.29, 0.717) is 6.42 Å². The highest BCUT2D eigenvalue weighted by atomic mass is 16.5. The van der Waals surface area contributed by atoms with E-state index in [9.17, 15) is 9.59 Å². The number of esters is 1. The lowest BCUT2D eigenvalue weighted by molar-refractivity contribution is -0.149. The Morgan fingerprint density at radius 1 is 0.511 bits per heavy atom. The SMILES string of the molecule is CC/C=C\C/C=C\C/C=C\C/C=C\C/C=C\C/C=C\CCC(=O)OC(CCCCCCCCCC)CCCCCCCC(=O)O. The van der Waals surface area contributed by atoms with Gasteiger partial charge in [0.2, 0.25) is 0 Å². The second-order valence-electron chi connectivity index (χ2n) is 12.0. The molecule has 0 aromatic heterocycles. The van der Waals surface area contributed by atoms with Crippen molar-refractivity contribution in [3.05, 3.63) is 72.9 Å². The van der Waals surface area contributed by atoms with Gasteiger partial charge < -0.3 is 9.84 Å². The highest BCUT2D eigenvalue weighted by molar-refractivity contribution is 5.69. The van der Waals surface area contributed by atoms with Crippen molar-refractivity contribution >= 4 is 11.9 Å². The summed E-state index contributed by atoms with van der Waals surface area (Å²) in [5, 5.41) is 8.79. The quantitative estimate of drug-likeness (QED) is 0.0459. The fraction of sp³-hybridized carbons (Fsp3) is 0.659. The van der Waals surface area contributed by atoms with E-state index in [1.165, 1.54) is 44.9 Å². The van der Waals surface area contributed by atoms with Gasteiger partial charge in [-0.1, -0.05) is 151 Å². The molecular formula is C41H68O4. The van der Waals surface area contributed by atoms with Gasteiger partial charge in [-0.05, 0) is 77.0 Å². The van der Waals surface area contributed by atoms with E-state index in [1.54, 1.807) is 0 Å². The Hall–Kier alpha value is -2.62. The number of rotatable bonds is 32. The number of hydrogen-bond acceptors (Lipinski definition) is 3. The molecule has 1 atom stereocenters. The molecule has 0 saturated heterocycles. The Morgan fingerprint density at radius 2 is 0.911 bits per heavy atom. The van der Waals surface area contributed by atoms with Crippen LogP contribution in [-0.4, -0.2) is 23.1 Å². The molecule has 0 amide bonds. The second kappa shape index (κ2) is 35.9. The van der Waals surface area contributed by atoms with Crippen LogP contribution in [0.15, 0.2) is 72.9 Å². The lowest BCUT2D eigenvalue weighted by Gasteiger charge is -2.18. The van der Waals surface area contributed by atoms with Crippen molar-refractivity contribution in [1.29, 1.82) is 0 Å². The third kappa shape index (κ3) is 35.7. The van der Waals surface area contributed by atoms with E-state index in [4.69, 9.17) is 9.84 Å². The highest BCUT2D eigenvalue weighted by Gasteiger charge is 2.14. The van der Waals surface area contributed by atoms with Crippen LogP contribution >= 0.6 is 0 Å². The molecule has 0 aliphatic rings. The number of ether oxygens (including phenoxy) is 1. The maximum atomic E-state index is 12.6. The summed E-state index contributed by atoms with van der Waals surface area (Å²) in [4.78, 5) is 23.2. The molecule has 0 aliphatic heterocycles. The first-order valence-corrected chi connectivity index (χ1v) is 18.4. The predicted molar refractivity (Wildman–Crippen MR) is 195 cm³/mol. The average molecular weight is 625 g/mol. The van der Waals surface area contributed by atoms with Gasteiger partial charge in [0.1, 0.15) is 6.10 Å². The number of carboxylic acid groups (broad SMARTS) is 1. The van der Waals surface area contributed by atoms with Crippen LogP contribution in [-0.2, 0) is 14.3 Å². The van der Waals surface area contributed by atoms with Crippen LogP contribution in [0.2, 0.25) is 0 Å². The summed E-state index contributed by atoms with van der Waals surface area (Å²) < 4.78 is 5.92. The first kappa shape index (κ1) is 42.4. The molecule has 1 unspecified atom stereocenters. The molecule has 256 valence electrons. The van der Waals surface area contributed by atoms with Crippen LogP contribution in [0.1, 0.15) is 168 Å². The fourth-order valence-corrected chi connectivity index (χ4v) is 5.03. The summed E-state index contributed by atoms with van der Waals surface area (Å²) in [6.07, 6.45) is 50.6. The highest BCUT2D eigenvalue weighted by Crippen LogP contribution is 2.18. The number of carbonyl (C=O) groups excluding carboxylic acids is 1. The van der Waals surface area contributed by atoms with Crippen molar-refractivity contribution in [3.8, 4) is 0 Å². The summed E-state index contributed by atoms with van der Waals surface area (Å²) in [5.41, 5.74) is 0. The normalized spacial score (nSPS) is 13.1. The second-order valence-corrected chi connectivity index (χ2v) is 12.0. The lowest BCUT2D eigenvalue weighted by Crippen LogP contribution is -2.18. The topological polar surface area (TPSA) is 63.6 Å². The molecule has 1 N–H and O–H groups in total. The predicted octanol–water partition coefficient (Wildman–Crippen LogP) is 12.7. The van der Waals surface area contributed by atoms with Crippen molar-refractivity contribution in [2.45, 2.75) is 174 Å². The first-order chi connectivity index (χ1) is 22.1. The number of carbonyl (C=O) groups is 2. The maximum Gasteiger partial charge on any atom is 0.306 e. The third-order valence-corrected chi connectivity index (χ3v) is 7.71. The molecule has 0 bridgehead atoms. The molecule has 45 heavy (non-hydrogen) atoms. The van der Waals surface area contributed by atoms with Gasteiger partial charge in [-0.3, -0.25) is 9.59 Å². The molecule has 0 fully saturated rings. The minimum atomic E-state index is -0.712. The largest absolute Gasteiger partial charge is 0.481 e. The molecule has 0 aliphatic carbocycles. The van der Waals surface area contributed by atoms with Crippen molar-refractivity contribution in [2.24, 2.45) is 0 Å². The summed E-state index contributed by atoms with van der Waals surface area (Å²) in [7, 11) is 0. The summed E-state index contributed by atoms with van der Waals surface area (Å²) in [6, 6.07) is 0. The van der Waals surface area contributed by atoms with Gasteiger partial charge in [0.05, 0.1) is 0 Å². The van der Waals surface area contributed by atoms with Crippen LogP contribution in [0.25, 0.3) is 0 Å². The van der Waals surface area contributed by atoms with Crippen LogP contribution in [0.3, 0.4) is 0 Å². The van der Waals surface area contributed by atoms with Crippen molar-refractivity contribution in [1.82, 2.24) is 0 Å². The first-order valence-electron chi connectivity index (χ1n) is 18.4. The molecule has 0 radical (unpaired) electrons. The third-order valence-electron chi connectivity index (χ3n) is 7.71. The Kier molecular flexibility index (Phi) is 33.8. The van der Waals surface area contributed by atoms with E-state index in [1.807, 2.05) is 0 Å². The Morgan fingerprint density at radius 3 is 1.36 bits per heavy atom. The molecule has 0 spiro atoms. The Bertz CT molecular complexity index is 846. The zero-order valence-electron chi connectivity index (χ0n) is 29.1. The smallest absolute Gasteiger partial charge is 0.306 e. The number of unbranched alkanes of at least 4 members (excludes halogenated alkanes) is 11. The standard InChI is InChI=1S/C41H68O4/c1-3-5-7-9-11-13-14-15-16-17-18-19-20-21-22-23-25-30-34-38-41(44)45-39(35-31-27-24-12-10-8-6-4-2)36-32-28-26-29-33-37-40(42)43/h5,7,11,13,15-16,18-19,21-22,25,30,39H,3-4,6,8-10,12,14,17,20,23-24,26-29,31-38H2,1-2H3,(H,42,43)/b7-5-,13-11-,16-15-,19-18-,22-21-,30-25-.